The normalized spacial score (nSPS) is 17.9. The van der Waals surface area contributed by atoms with Gasteiger partial charge in [-0.2, -0.15) is 13.2 Å². The van der Waals surface area contributed by atoms with Crippen molar-refractivity contribution in [3.05, 3.63) is 53.6 Å². The Balaban J connectivity index is 1.79. The Morgan fingerprint density at radius 2 is 1.74 bits per heavy atom. The molecule has 1 unspecified atom stereocenters. The molecule has 0 N–H and O–H groups in total. The highest BCUT2D eigenvalue weighted by Gasteiger charge is 2.41. The van der Waals surface area contributed by atoms with E-state index in [-0.39, 0.29) is 6.54 Å². The van der Waals surface area contributed by atoms with E-state index in [4.69, 9.17) is 0 Å². The number of halogens is 3. The van der Waals surface area contributed by atoms with Crippen molar-refractivity contribution in [2.45, 2.75) is 51.1 Å². The van der Waals surface area contributed by atoms with Crippen molar-refractivity contribution in [2.75, 3.05) is 31.1 Å². The molecule has 3 nitrogen and oxygen atoms in total. The average molecular weight is 431 g/mol. The van der Waals surface area contributed by atoms with Crippen molar-refractivity contribution in [3.8, 4) is 11.1 Å². The molecule has 1 saturated heterocycles. The summed E-state index contributed by atoms with van der Waals surface area (Å²) < 4.78 is 40.0. The molecule has 31 heavy (non-hydrogen) atoms. The molecule has 2 aromatic rings. The van der Waals surface area contributed by atoms with Crippen molar-refractivity contribution in [1.82, 2.24) is 4.90 Å². The number of nitrogens with zero attached hydrogens (tertiary/aromatic N) is 2. The van der Waals surface area contributed by atoms with Crippen LogP contribution in [0.15, 0.2) is 42.5 Å². The number of benzene rings is 2. The first-order chi connectivity index (χ1) is 14.9. The summed E-state index contributed by atoms with van der Waals surface area (Å²) in [6.07, 6.45) is 0.231. The van der Waals surface area contributed by atoms with Gasteiger partial charge in [-0.05, 0) is 48.4 Å². The lowest BCUT2D eigenvalue weighted by Crippen LogP contribution is -2.42. The summed E-state index contributed by atoms with van der Waals surface area (Å²) in [6, 6.07) is 13.7. The smallest absolute Gasteiger partial charge is 0.371 e. The minimum absolute atomic E-state index is 0.120. The number of piperidine rings is 1. The fourth-order valence-electron chi connectivity index (χ4n) is 4.92. The Kier molecular flexibility index (Phi) is 6.26. The molecule has 1 aliphatic heterocycles. The quantitative estimate of drug-likeness (QED) is 0.563. The Bertz CT molecular complexity index is 935. The fraction of sp³-hybridized carbons (Fsp3) is 0.480. The number of carbonyl (C=O) groups is 1. The molecule has 0 spiro atoms. The predicted molar refractivity (Wildman–Crippen MR) is 117 cm³/mol. The van der Waals surface area contributed by atoms with Crippen LogP contribution in [-0.2, 0) is 4.79 Å². The Labute approximate surface area is 181 Å². The maximum Gasteiger partial charge on any atom is 0.406 e. The van der Waals surface area contributed by atoms with Crippen molar-refractivity contribution in [1.29, 1.82) is 0 Å². The van der Waals surface area contributed by atoms with E-state index >= 15 is 0 Å². The van der Waals surface area contributed by atoms with Crippen LogP contribution >= 0.6 is 0 Å². The maximum absolute atomic E-state index is 13.7. The zero-order valence-electron chi connectivity index (χ0n) is 17.9. The van der Waals surface area contributed by atoms with Crippen LogP contribution < -0.4 is 4.90 Å². The number of carbonyl (C=O) groups excluding carboxylic acids is 1. The minimum Gasteiger partial charge on any atom is -0.371 e. The summed E-state index contributed by atoms with van der Waals surface area (Å²) in [5, 5.41) is 0. The number of hydrogen-bond donors (Lipinski definition) is 0. The lowest BCUT2D eigenvalue weighted by Gasteiger charge is -2.33. The van der Waals surface area contributed by atoms with E-state index in [0.29, 0.717) is 6.42 Å². The zero-order valence-corrected chi connectivity index (χ0v) is 17.9. The lowest BCUT2D eigenvalue weighted by atomic mass is 9.92. The average Bonchev–Trinajstić information content (AvgIpc) is 3.10. The first-order valence-corrected chi connectivity index (χ1v) is 11.2. The molecule has 6 heteroatoms. The second-order valence-corrected chi connectivity index (χ2v) is 8.53. The molecular formula is C25H29F3N2O. The van der Waals surface area contributed by atoms with Crippen LogP contribution in [0, 0.1) is 0 Å². The Morgan fingerprint density at radius 1 is 1.03 bits per heavy atom. The van der Waals surface area contributed by atoms with Crippen LogP contribution in [0.5, 0.6) is 0 Å². The van der Waals surface area contributed by atoms with Gasteiger partial charge in [-0.3, -0.25) is 4.79 Å². The van der Waals surface area contributed by atoms with Gasteiger partial charge in [0.05, 0.1) is 5.92 Å². The number of fused-ring (bicyclic) bond motifs is 3. The third kappa shape index (κ3) is 4.43. The third-order valence-electron chi connectivity index (χ3n) is 6.34. The van der Waals surface area contributed by atoms with Crippen LogP contribution in [0.4, 0.5) is 18.9 Å². The van der Waals surface area contributed by atoms with E-state index in [1.165, 1.54) is 6.42 Å². The molecule has 1 fully saturated rings. The van der Waals surface area contributed by atoms with Crippen molar-refractivity contribution >= 4 is 11.6 Å². The first-order valence-electron chi connectivity index (χ1n) is 11.2. The molecule has 1 atom stereocenters. The van der Waals surface area contributed by atoms with Crippen LogP contribution in [0.3, 0.4) is 0 Å². The SMILES string of the molecule is CCCCN(CC(F)(F)F)C(=O)C1c2ccccc2-c2cccc(N3CCCCC3)c21. The van der Waals surface area contributed by atoms with Gasteiger partial charge in [0.2, 0.25) is 5.91 Å². The standard InChI is InChI=1S/C25H29F3N2O/c1-2-3-14-30(17-25(26,27)28)24(31)23-20-11-6-5-10-18(20)19-12-9-13-21(22(19)23)29-15-7-4-8-16-29/h5-6,9-13,23H,2-4,7-8,14-17H2,1H3. The van der Waals surface area contributed by atoms with Gasteiger partial charge >= 0.3 is 6.18 Å². The Morgan fingerprint density at radius 3 is 2.45 bits per heavy atom. The van der Waals surface area contributed by atoms with Gasteiger partial charge in [-0.25, -0.2) is 0 Å². The molecule has 0 aromatic heterocycles. The molecule has 2 aromatic carbocycles. The molecule has 1 aliphatic carbocycles. The second-order valence-electron chi connectivity index (χ2n) is 8.53. The number of anilines is 1. The van der Waals surface area contributed by atoms with E-state index in [9.17, 15) is 18.0 Å². The minimum atomic E-state index is -4.42. The molecular weight excluding hydrogens is 401 g/mol. The molecule has 0 bridgehead atoms. The number of amides is 1. The van der Waals surface area contributed by atoms with Gasteiger partial charge in [0.15, 0.2) is 0 Å². The highest BCUT2D eigenvalue weighted by Crippen LogP contribution is 2.50. The first kappa shape index (κ1) is 21.7. The third-order valence-corrected chi connectivity index (χ3v) is 6.34. The summed E-state index contributed by atoms with van der Waals surface area (Å²) >= 11 is 0. The van der Waals surface area contributed by atoms with Crippen molar-refractivity contribution in [2.24, 2.45) is 0 Å². The summed E-state index contributed by atoms with van der Waals surface area (Å²) in [7, 11) is 0. The van der Waals surface area contributed by atoms with E-state index in [0.717, 1.165) is 65.2 Å². The summed E-state index contributed by atoms with van der Waals surface area (Å²) in [6.45, 7) is 2.66. The fourth-order valence-corrected chi connectivity index (χ4v) is 4.92. The van der Waals surface area contributed by atoms with Gasteiger partial charge in [-0.1, -0.05) is 49.7 Å². The molecule has 2 aliphatic rings. The predicted octanol–water partition coefficient (Wildman–Crippen LogP) is 5.98. The molecule has 4 rings (SSSR count). The summed E-state index contributed by atoms with van der Waals surface area (Å²) in [4.78, 5) is 17.0. The molecule has 1 amide bonds. The summed E-state index contributed by atoms with van der Waals surface area (Å²) in [5.41, 5.74) is 4.61. The topological polar surface area (TPSA) is 23.6 Å². The monoisotopic (exact) mass is 430 g/mol. The van der Waals surface area contributed by atoms with E-state index in [2.05, 4.69) is 4.90 Å². The Hall–Kier alpha value is -2.50. The zero-order chi connectivity index (χ0) is 22.0. The van der Waals surface area contributed by atoms with Crippen molar-refractivity contribution in [3.63, 3.8) is 0 Å². The lowest BCUT2D eigenvalue weighted by molar-refractivity contribution is -0.161. The molecule has 1 heterocycles. The van der Waals surface area contributed by atoms with Crippen molar-refractivity contribution < 1.29 is 18.0 Å². The van der Waals surface area contributed by atoms with Crippen LogP contribution in [-0.4, -0.2) is 43.2 Å². The highest BCUT2D eigenvalue weighted by atomic mass is 19.4. The van der Waals surface area contributed by atoms with Crippen LogP contribution in [0.25, 0.3) is 11.1 Å². The van der Waals surface area contributed by atoms with Gasteiger partial charge in [0, 0.05) is 30.9 Å². The molecule has 0 saturated carbocycles. The van der Waals surface area contributed by atoms with Gasteiger partial charge in [0.25, 0.3) is 0 Å². The molecule has 0 radical (unpaired) electrons. The van der Waals surface area contributed by atoms with Gasteiger partial charge in [0.1, 0.15) is 6.54 Å². The van der Waals surface area contributed by atoms with E-state index in [1.807, 2.05) is 49.4 Å². The van der Waals surface area contributed by atoms with E-state index in [1.54, 1.807) is 0 Å². The van der Waals surface area contributed by atoms with Gasteiger partial charge in [-0.15, -0.1) is 0 Å². The largest absolute Gasteiger partial charge is 0.406 e. The number of rotatable bonds is 6. The van der Waals surface area contributed by atoms with E-state index < -0.39 is 24.5 Å². The second kappa shape index (κ2) is 8.93. The van der Waals surface area contributed by atoms with Gasteiger partial charge < -0.3 is 9.80 Å². The highest BCUT2D eigenvalue weighted by molar-refractivity contribution is 5.99. The number of unbranched alkanes of at least 4 members (excludes halogenated alkanes) is 1. The summed E-state index contributed by atoms with van der Waals surface area (Å²) in [5.74, 6) is -1.13. The van der Waals surface area contributed by atoms with Crippen LogP contribution in [0.1, 0.15) is 56.1 Å². The maximum atomic E-state index is 13.7. The number of hydrogen-bond acceptors (Lipinski definition) is 2. The van der Waals surface area contributed by atoms with Crippen LogP contribution in [0.2, 0.25) is 0 Å². The number of alkyl halides is 3. The molecule has 166 valence electrons.